The van der Waals surface area contributed by atoms with Crippen LogP contribution in [0.3, 0.4) is 0 Å². The minimum absolute atomic E-state index is 0.265. The molecule has 0 amide bonds. The summed E-state index contributed by atoms with van der Waals surface area (Å²) in [5.41, 5.74) is 9.23. The maximum Gasteiger partial charge on any atom is 0.297 e. The van der Waals surface area contributed by atoms with Gasteiger partial charge in [-0.15, -0.1) is 10.1 Å². The van der Waals surface area contributed by atoms with Crippen molar-refractivity contribution in [1.29, 1.82) is 0 Å². The fraction of sp³-hybridized carbons (Fsp3) is 1.00. The second-order valence-corrected chi connectivity index (χ2v) is 12.9. The van der Waals surface area contributed by atoms with Crippen LogP contribution < -0.4 is 0 Å². The fourth-order valence-corrected chi connectivity index (χ4v) is 7.30. The molecule has 5 fully saturated rings. The Balaban J connectivity index is 1.56. The Morgan fingerprint density at radius 2 is 1.53 bits per heavy atom. The average molecular weight is 715 g/mol. The average Bonchev–Trinajstić information content (AvgIpc) is 3.05. The second-order valence-electron chi connectivity index (χ2n) is 12.9. The van der Waals surface area contributed by atoms with Gasteiger partial charge in [0.15, 0.2) is 6.29 Å². The van der Waals surface area contributed by atoms with Crippen molar-refractivity contribution in [2.45, 2.75) is 136 Å². The fourth-order valence-electron chi connectivity index (χ4n) is 7.30. The monoisotopic (exact) mass is 714 g/mol. The van der Waals surface area contributed by atoms with Gasteiger partial charge in [-0.3, -0.25) is 4.84 Å². The van der Waals surface area contributed by atoms with E-state index in [1.165, 1.54) is 13.8 Å². The Hall–Kier alpha value is -2.13. The Morgan fingerprint density at radius 1 is 0.878 bits per heavy atom. The predicted molar refractivity (Wildman–Crippen MR) is 150 cm³/mol. The largest absolute Gasteiger partial charge is 0.394 e. The first-order valence-electron chi connectivity index (χ1n) is 15.6. The van der Waals surface area contributed by atoms with Gasteiger partial charge in [-0.25, -0.2) is 0 Å². The van der Waals surface area contributed by atoms with Gasteiger partial charge in [0.1, 0.15) is 61.0 Å². The first kappa shape index (κ1) is 38.1. The van der Waals surface area contributed by atoms with E-state index in [9.17, 15) is 66.7 Å². The van der Waals surface area contributed by atoms with Crippen LogP contribution in [0.2, 0.25) is 0 Å². The smallest absolute Gasteiger partial charge is 0.297 e. The lowest BCUT2D eigenvalue weighted by molar-refractivity contribution is -0.785. The third-order valence-corrected chi connectivity index (χ3v) is 10.1. The van der Waals surface area contributed by atoms with Crippen molar-refractivity contribution in [2.24, 2.45) is 17.0 Å². The summed E-state index contributed by atoms with van der Waals surface area (Å²) in [4.78, 5) is 18.4. The van der Waals surface area contributed by atoms with Crippen molar-refractivity contribution < 1.29 is 89.4 Å². The van der Waals surface area contributed by atoms with E-state index in [1.54, 1.807) is 0 Å². The number of hydrogen-bond donors (Lipinski definition) is 10. The van der Waals surface area contributed by atoms with Gasteiger partial charge in [0.2, 0.25) is 12.1 Å². The number of hydrogen-bond acceptors (Lipinski definition) is 20. The van der Waals surface area contributed by atoms with E-state index in [4.69, 9.17) is 28.4 Å². The molecule has 9 unspecified atom stereocenters. The SMILES string of the molecule is CC1O[C@@H](C2(O[C@@H]3OC(CO)[C@H](O)[C@H](O)[C@H]3O[C@@H]3CC(O)[C@H](O)[C@H](O)C3C)O[C@@H]3C(N=[N+]=[N-])C(O[N+](=O)[O-])OC(CO)[C@H]32)[C@H](O)C(O)[C@@H]1O. The van der Waals surface area contributed by atoms with Gasteiger partial charge >= 0.3 is 0 Å². The van der Waals surface area contributed by atoms with Gasteiger partial charge in [0.05, 0.1) is 55.8 Å². The van der Waals surface area contributed by atoms with E-state index in [0.29, 0.717) is 0 Å². The molecule has 5 aliphatic rings. The summed E-state index contributed by atoms with van der Waals surface area (Å²) in [6, 6.07) is -1.62. The zero-order valence-corrected chi connectivity index (χ0v) is 26.1. The second kappa shape index (κ2) is 14.8. The molecule has 1 aliphatic carbocycles. The van der Waals surface area contributed by atoms with Crippen molar-refractivity contribution in [2.75, 3.05) is 13.2 Å². The van der Waals surface area contributed by atoms with Gasteiger partial charge in [-0.2, -0.15) is 0 Å². The third kappa shape index (κ3) is 6.69. The van der Waals surface area contributed by atoms with Crippen molar-refractivity contribution >= 4 is 0 Å². The number of azide groups is 1. The molecule has 4 heterocycles. The van der Waals surface area contributed by atoms with Crippen molar-refractivity contribution in [3.8, 4) is 0 Å². The molecule has 0 radical (unpaired) electrons. The molecule has 4 saturated heterocycles. The molecule has 280 valence electrons. The maximum absolute atomic E-state index is 11.2. The van der Waals surface area contributed by atoms with Crippen LogP contribution in [-0.4, -0.2) is 185 Å². The lowest BCUT2D eigenvalue weighted by Gasteiger charge is -2.65. The van der Waals surface area contributed by atoms with Crippen LogP contribution in [0, 0.1) is 22.0 Å². The minimum Gasteiger partial charge on any atom is -0.394 e. The highest BCUT2D eigenvalue weighted by molar-refractivity contribution is 5.14. The molecule has 0 aromatic heterocycles. The number of aliphatic hydroxyl groups excluding tert-OH is 10. The molecule has 23 heteroatoms. The van der Waals surface area contributed by atoms with Crippen molar-refractivity contribution in [1.82, 2.24) is 0 Å². The number of rotatable bonds is 10. The van der Waals surface area contributed by atoms with Crippen LogP contribution in [0.15, 0.2) is 5.11 Å². The maximum atomic E-state index is 11.2. The summed E-state index contributed by atoms with van der Waals surface area (Å²) < 4.78 is 35.7. The molecule has 49 heavy (non-hydrogen) atoms. The Morgan fingerprint density at radius 3 is 2.14 bits per heavy atom. The van der Waals surface area contributed by atoms with Gasteiger partial charge in [-0.1, -0.05) is 12.0 Å². The van der Waals surface area contributed by atoms with E-state index < -0.39 is 146 Å². The highest BCUT2D eigenvalue weighted by Gasteiger charge is 2.73. The summed E-state index contributed by atoms with van der Waals surface area (Å²) in [6.45, 7) is 1.03. The van der Waals surface area contributed by atoms with E-state index in [0.717, 1.165) is 0 Å². The van der Waals surface area contributed by atoms with Crippen LogP contribution in [0.4, 0.5) is 0 Å². The molecular formula is C26H42N4O19. The first-order valence-corrected chi connectivity index (χ1v) is 15.6. The van der Waals surface area contributed by atoms with Crippen LogP contribution in [-0.2, 0) is 33.3 Å². The minimum atomic E-state index is -2.46. The van der Waals surface area contributed by atoms with Crippen LogP contribution in [0.5, 0.6) is 0 Å². The number of fused-ring (bicyclic) bond motifs is 1. The molecule has 23 nitrogen and oxygen atoms in total. The molecule has 0 aromatic rings. The molecule has 0 bridgehead atoms. The third-order valence-electron chi connectivity index (χ3n) is 10.1. The van der Waals surface area contributed by atoms with Crippen LogP contribution >= 0.6 is 0 Å². The lowest BCUT2D eigenvalue weighted by atomic mass is 9.71. The quantitative estimate of drug-likeness (QED) is 0.0331. The topological polar surface area (TPSA) is 359 Å². The molecule has 10 N–H and O–H groups in total. The van der Waals surface area contributed by atoms with Crippen molar-refractivity contribution in [3.05, 3.63) is 20.6 Å². The van der Waals surface area contributed by atoms with Crippen molar-refractivity contribution in [3.63, 3.8) is 0 Å². The highest BCUT2D eigenvalue weighted by Crippen LogP contribution is 2.55. The molecule has 4 aliphatic heterocycles. The first-order chi connectivity index (χ1) is 23.1. The standard InChI is InChI=1S/C26H42N4O19/c1-6-9(3-8(33)16(36)14(6)34)44-22-19(39)17(37)11(5-32)46-25(22)48-26(23-20(40)18(38)15(35)7(2)43-23)12-10(4-31)45-24(49-30(41)42)13(28-29-27)21(12)47-26/h6-25,31-40H,3-5H2,1-2H3/t6?,7?,8?,9-,10?,11?,12-,13?,14-,15-,16+,17+,18?,19+,20-,21+,22-,23-,24?,25+,26?/m1/s1. The molecule has 5 rings (SSSR count). The zero-order valence-electron chi connectivity index (χ0n) is 26.1. The summed E-state index contributed by atoms with van der Waals surface area (Å²) >= 11 is 0. The molecule has 1 saturated carbocycles. The number of ether oxygens (including phenoxy) is 6. The van der Waals surface area contributed by atoms with E-state index in [-0.39, 0.29) is 6.42 Å². The number of aliphatic hydroxyl groups is 10. The predicted octanol–water partition coefficient (Wildman–Crippen LogP) is -5.50. The molecule has 0 spiro atoms. The summed E-state index contributed by atoms with van der Waals surface area (Å²) in [7, 11) is 0. The molecular weight excluding hydrogens is 672 g/mol. The number of nitrogens with zero attached hydrogens (tertiary/aromatic N) is 4. The Labute approximate surface area is 276 Å². The van der Waals surface area contributed by atoms with Crippen LogP contribution in [0.25, 0.3) is 10.4 Å². The molecule has 0 aromatic carbocycles. The van der Waals surface area contributed by atoms with E-state index in [1.807, 2.05) is 0 Å². The zero-order chi connectivity index (χ0) is 36.1. The summed E-state index contributed by atoms with van der Waals surface area (Å²) in [5, 5.41) is 119. The molecule has 21 atom stereocenters. The van der Waals surface area contributed by atoms with Gasteiger partial charge in [0.25, 0.3) is 5.09 Å². The Bertz CT molecular complexity index is 1220. The summed E-state index contributed by atoms with van der Waals surface area (Å²) in [5.74, 6) is -4.74. The van der Waals surface area contributed by atoms with Gasteiger partial charge in [-0.05, 0) is 12.5 Å². The van der Waals surface area contributed by atoms with E-state index in [2.05, 4.69) is 14.9 Å². The highest BCUT2D eigenvalue weighted by atomic mass is 17.0. The van der Waals surface area contributed by atoms with Gasteiger partial charge < -0.3 is 79.5 Å². The normalized spacial score (nSPS) is 53.1. The Kier molecular flexibility index (Phi) is 11.5. The van der Waals surface area contributed by atoms with Gasteiger partial charge in [0, 0.05) is 17.3 Å². The van der Waals surface area contributed by atoms with Crippen LogP contribution in [0.1, 0.15) is 20.3 Å². The summed E-state index contributed by atoms with van der Waals surface area (Å²) in [6.07, 6.45) is -28.2. The van der Waals surface area contributed by atoms with E-state index >= 15 is 0 Å². The lowest BCUT2D eigenvalue weighted by Crippen LogP contribution is -2.82.